The molecule has 0 aromatic heterocycles. The molecule has 0 fully saturated rings. The standard InChI is InChI=1S/C25H27NO3S/c1-18-7-5-8-19(15-18)17-30(28,29)26-23-10-6-9-21(16-23)24(27)20-11-13-22(14-12-20)25(2,3)4/h5-16,26H,17H2,1-4H3. The minimum atomic E-state index is -3.59. The summed E-state index contributed by atoms with van der Waals surface area (Å²) >= 11 is 0. The molecular weight excluding hydrogens is 394 g/mol. The van der Waals surface area contributed by atoms with Gasteiger partial charge in [-0.25, -0.2) is 8.42 Å². The van der Waals surface area contributed by atoms with E-state index in [1.165, 1.54) is 0 Å². The Hall–Kier alpha value is -2.92. The van der Waals surface area contributed by atoms with Gasteiger partial charge in [0.15, 0.2) is 5.78 Å². The molecule has 0 unspecified atom stereocenters. The van der Waals surface area contributed by atoms with Crippen LogP contribution in [0.1, 0.15) is 53.4 Å². The maximum absolute atomic E-state index is 12.9. The number of rotatable bonds is 6. The fraction of sp³-hybridized carbons (Fsp3) is 0.240. The number of nitrogens with one attached hydrogen (secondary N) is 1. The number of benzene rings is 3. The Morgan fingerprint density at radius 1 is 0.867 bits per heavy atom. The van der Waals surface area contributed by atoms with E-state index in [0.717, 1.165) is 11.1 Å². The predicted molar refractivity (Wildman–Crippen MR) is 122 cm³/mol. The van der Waals surface area contributed by atoms with Crippen molar-refractivity contribution >= 4 is 21.5 Å². The summed E-state index contributed by atoms with van der Waals surface area (Å²) in [5.74, 6) is -0.267. The van der Waals surface area contributed by atoms with E-state index in [-0.39, 0.29) is 17.0 Å². The van der Waals surface area contributed by atoms with Crippen molar-refractivity contribution in [2.75, 3.05) is 4.72 Å². The van der Waals surface area contributed by atoms with Crippen molar-refractivity contribution in [1.82, 2.24) is 0 Å². The van der Waals surface area contributed by atoms with Crippen LogP contribution in [0.5, 0.6) is 0 Å². The molecule has 0 radical (unpaired) electrons. The zero-order valence-corrected chi connectivity index (χ0v) is 18.6. The molecule has 0 aliphatic rings. The Kier molecular flexibility index (Phi) is 6.13. The van der Waals surface area contributed by atoms with E-state index >= 15 is 0 Å². The Bertz CT molecular complexity index is 1160. The van der Waals surface area contributed by atoms with E-state index in [1.807, 2.05) is 49.4 Å². The summed E-state index contributed by atoms with van der Waals surface area (Å²) in [6, 6.07) is 21.5. The summed E-state index contributed by atoms with van der Waals surface area (Å²) in [5, 5.41) is 0. The van der Waals surface area contributed by atoms with Gasteiger partial charge in [-0.05, 0) is 35.6 Å². The van der Waals surface area contributed by atoms with Gasteiger partial charge in [0.05, 0.1) is 5.75 Å². The highest BCUT2D eigenvalue weighted by atomic mass is 32.2. The third-order valence-corrected chi connectivity index (χ3v) is 6.11. The molecule has 0 bridgehead atoms. The van der Waals surface area contributed by atoms with E-state index in [2.05, 4.69) is 25.5 Å². The summed E-state index contributed by atoms with van der Waals surface area (Å²) < 4.78 is 27.7. The summed E-state index contributed by atoms with van der Waals surface area (Å²) in [6.45, 7) is 8.29. The van der Waals surface area contributed by atoms with Crippen molar-refractivity contribution in [3.63, 3.8) is 0 Å². The molecule has 0 aliphatic carbocycles. The molecule has 0 heterocycles. The van der Waals surface area contributed by atoms with Gasteiger partial charge in [0.2, 0.25) is 10.0 Å². The molecule has 1 N–H and O–H groups in total. The Morgan fingerprint density at radius 3 is 2.17 bits per heavy atom. The lowest BCUT2D eigenvalue weighted by Gasteiger charge is -2.19. The van der Waals surface area contributed by atoms with Crippen LogP contribution in [-0.2, 0) is 21.2 Å². The highest BCUT2D eigenvalue weighted by Crippen LogP contribution is 2.23. The lowest BCUT2D eigenvalue weighted by Crippen LogP contribution is -2.15. The largest absolute Gasteiger partial charge is 0.289 e. The van der Waals surface area contributed by atoms with Crippen LogP contribution >= 0.6 is 0 Å². The molecule has 0 amide bonds. The Labute approximate surface area is 179 Å². The fourth-order valence-electron chi connectivity index (χ4n) is 3.25. The molecule has 0 saturated carbocycles. The van der Waals surface area contributed by atoms with Crippen molar-refractivity contribution in [1.29, 1.82) is 0 Å². The number of anilines is 1. The summed E-state index contributed by atoms with van der Waals surface area (Å²) in [6.07, 6.45) is 0. The second kappa shape index (κ2) is 8.44. The van der Waals surface area contributed by atoms with Crippen LogP contribution in [0.15, 0.2) is 72.8 Å². The second-order valence-electron chi connectivity index (χ2n) is 8.59. The molecule has 156 valence electrons. The minimum absolute atomic E-state index is 0.0110. The number of ketones is 1. The number of aryl methyl sites for hydroxylation is 1. The topological polar surface area (TPSA) is 63.2 Å². The van der Waals surface area contributed by atoms with E-state index in [4.69, 9.17) is 0 Å². The third-order valence-electron chi connectivity index (χ3n) is 4.85. The van der Waals surface area contributed by atoms with Crippen molar-refractivity contribution < 1.29 is 13.2 Å². The number of carbonyl (C=O) groups excluding carboxylic acids is 1. The van der Waals surface area contributed by atoms with Gasteiger partial charge in [-0.1, -0.05) is 87.0 Å². The zero-order chi connectivity index (χ0) is 21.9. The molecule has 3 aromatic rings. The van der Waals surface area contributed by atoms with Gasteiger partial charge in [-0.15, -0.1) is 0 Å². The van der Waals surface area contributed by atoms with Gasteiger partial charge in [0.1, 0.15) is 0 Å². The van der Waals surface area contributed by atoms with Crippen LogP contribution in [-0.4, -0.2) is 14.2 Å². The van der Waals surface area contributed by atoms with Crippen molar-refractivity contribution in [3.05, 3.63) is 101 Å². The maximum Gasteiger partial charge on any atom is 0.236 e. The molecule has 4 nitrogen and oxygen atoms in total. The summed E-state index contributed by atoms with van der Waals surface area (Å²) in [5.41, 5.74) is 4.27. The van der Waals surface area contributed by atoms with Crippen molar-refractivity contribution in [3.8, 4) is 0 Å². The lowest BCUT2D eigenvalue weighted by molar-refractivity contribution is 0.103. The van der Waals surface area contributed by atoms with Crippen LogP contribution in [0.2, 0.25) is 0 Å². The molecule has 0 saturated heterocycles. The molecule has 0 spiro atoms. The fourth-order valence-corrected chi connectivity index (χ4v) is 4.43. The normalized spacial score (nSPS) is 11.9. The second-order valence-corrected chi connectivity index (χ2v) is 10.3. The smallest absolute Gasteiger partial charge is 0.236 e. The number of sulfonamides is 1. The molecule has 0 atom stereocenters. The van der Waals surface area contributed by atoms with Crippen LogP contribution in [0.3, 0.4) is 0 Å². The molecule has 3 aromatic carbocycles. The minimum Gasteiger partial charge on any atom is -0.289 e. The van der Waals surface area contributed by atoms with E-state index in [0.29, 0.717) is 22.4 Å². The molecule has 0 aliphatic heterocycles. The maximum atomic E-state index is 12.9. The van der Waals surface area contributed by atoms with E-state index < -0.39 is 10.0 Å². The summed E-state index contributed by atoms with van der Waals surface area (Å²) in [7, 11) is -3.59. The predicted octanol–water partition coefficient (Wildman–Crippen LogP) is 5.47. The highest BCUT2D eigenvalue weighted by Gasteiger charge is 2.16. The highest BCUT2D eigenvalue weighted by molar-refractivity contribution is 7.91. The van der Waals surface area contributed by atoms with E-state index in [1.54, 1.807) is 30.3 Å². The number of hydrogen-bond acceptors (Lipinski definition) is 3. The number of carbonyl (C=O) groups is 1. The van der Waals surface area contributed by atoms with E-state index in [9.17, 15) is 13.2 Å². The van der Waals surface area contributed by atoms with Gasteiger partial charge >= 0.3 is 0 Å². The van der Waals surface area contributed by atoms with Gasteiger partial charge in [0.25, 0.3) is 0 Å². The third kappa shape index (κ3) is 5.57. The van der Waals surface area contributed by atoms with Crippen LogP contribution in [0, 0.1) is 6.92 Å². The van der Waals surface area contributed by atoms with Gasteiger partial charge in [-0.3, -0.25) is 9.52 Å². The zero-order valence-electron chi connectivity index (χ0n) is 17.8. The first-order valence-corrected chi connectivity index (χ1v) is 11.5. The first kappa shape index (κ1) is 21.8. The quantitative estimate of drug-likeness (QED) is 0.537. The average molecular weight is 422 g/mol. The molecule has 30 heavy (non-hydrogen) atoms. The average Bonchev–Trinajstić information content (AvgIpc) is 2.66. The monoisotopic (exact) mass is 421 g/mol. The van der Waals surface area contributed by atoms with Gasteiger partial charge in [0, 0.05) is 16.8 Å². The molecular formula is C25H27NO3S. The van der Waals surface area contributed by atoms with Gasteiger partial charge < -0.3 is 0 Å². The molecule has 3 rings (SSSR count). The van der Waals surface area contributed by atoms with Crippen molar-refractivity contribution in [2.45, 2.75) is 38.9 Å². The lowest BCUT2D eigenvalue weighted by atomic mass is 9.86. The van der Waals surface area contributed by atoms with Crippen LogP contribution in [0.25, 0.3) is 0 Å². The first-order chi connectivity index (χ1) is 14.0. The Balaban J connectivity index is 1.77. The van der Waals surface area contributed by atoms with Gasteiger partial charge in [-0.2, -0.15) is 0 Å². The van der Waals surface area contributed by atoms with Crippen LogP contribution < -0.4 is 4.72 Å². The summed E-state index contributed by atoms with van der Waals surface area (Å²) in [4.78, 5) is 12.9. The van der Waals surface area contributed by atoms with Crippen LogP contribution in [0.4, 0.5) is 5.69 Å². The first-order valence-electron chi connectivity index (χ1n) is 9.85. The Morgan fingerprint density at radius 2 is 1.53 bits per heavy atom. The molecule has 5 heteroatoms. The van der Waals surface area contributed by atoms with Crippen molar-refractivity contribution in [2.24, 2.45) is 0 Å². The number of hydrogen-bond donors (Lipinski definition) is 1. The SMILES string of the molecule is Cc1cccc(CS(=O)(=O)Nc2cccc(C(=O)c3ccc(C(C)(C)C)cc3)c2)c1.